The van der Waals surface area contributed by atoms with Crippen LogP contribution in [0.3, 0.4) is 0 Å². The van der Waals surface area contributed by atoms with Gasteiger partial charge >= 0.3 is 0 Å². The second kappa shape index (κ2) is 6.12. The zero-order valence-electron chi connectivity index (χ0n) is 12.6. The molecule has 2 heterocycles. The first-order valence-corrected chi connectivity index (χ1v) is 7.08. The van der Waals surface area contributed by atoms with E-state index in [0.29, 0.717) is 12.8 Å². The second-order valence-electron chi connectivity index (χ2n) is 5.67. The fourth-order valence-electron chi connectivity index (χ4n) is 2.47. The molecule has 0 aliphatic heterocycles. The Kier molecular flexibility index (Phi) is 4.48. The van der Waals surface area contributed by atoms with Crippen LogP contribution in [0.4, 0.5) is 0 Å². The van der Waals surface area contributed by atoms with Crippen molar-refractivity contribution in [2.45, 2.75) is 40.5 Å². The van der Waals surface area contributed by atoms with E-state index in [9.17, 15) is 4.79 Å². The lowest BCUT2D eigenvalue weighted by molar-refractivity contribution is -0.126. The zero-order chi connectivity index (χ0) is 14.7. The van der Waals surface area contributed by atoms with E-state index in [1.165, 1.54) is 0 Å². The summed E-state index contributed by atoms with van der Waals surface area (Å²) in [6, 6.07) is 3.87. The molecule has 2 aromatic rings. The Morgan fingerprint density at radius 3 is 1.65 bits per heavy atom. The average Bonchev–Trinajstić information content (AvgIpc) is 2.99. The summed E-state index contributed by atoms with van der Waals surface area (Å²) in [7, 11) is 0. The van der Waals surface area contributed by atoms with Crippen LogP contribution in [0.2, 0.25) is 0 Å². The molecule has 0 N–H and O–H groups in total. The SMILES string of the molecule is Cc1ccoc1CC(C)C(=O)C(C)Cc1occc1C. The minimum absolute atomic E-state index is 0.0369. The molecule has 2 atom stereocenters. The van der Waals surface area contributed by atoms with Crippen LogP contribution in [-0.4, -0.2) is 5.78 Å². The van der Waals surface area contributed by atoms with E-state index in [1.807, 2.05) is 39.8 Å². The highest BCUT2D eigenvalue weighted by atomic mass is 16.3. The van der Waals surface area contributed by atoms with Crippen molar-refractivity contribution in [1.82, 2.24) is 0 Å². The summed E-state index contributed by atoms with van der Waals surface area (Å²) >= 11 is 0. The number of ketones is 1. The molecular weight excluding hydrogens is 252 g/mol. The van der Waals surface area contributed by atoms with Gasteiger partial charge in [-0.15, -0.1) is 0 Å². The summed E-state index contributed by atoms with van der Waals surface area (Å²) in [6.45, 7) is 7.95. The highest BCUT2D eigenvalue weighted by Gasteiger charge is 2.23. The van der Waals surface area contributed by atoms with Crippen LogP contribution < -0.4 is 0 Å². The van der Waals surface area contributed by atoms with E-state index < -0.39 is 0 Å². The Bertz CT molecular complexity index is 526. The third-order valence-electron chi connectivity index (χ3n) is 3.89. The molecule has 2 unspecified atom stereocenters. The number of furan rings is 2. The number of carbonyl (C=O) groups excluding carboxylic acids is 1. The van der Waals surface area contributed by atoms with Crippen LogP contribution in [0.1, 0.15) is 36.5 Å². The van der Waals surface area contributed by atoms with E-state index in [1.54, 1.807) is 12.5 Å². The molecule has 0 radical (unpaired) electrons. The molecule has 2 rings (SSSR count). The molecule has 0 bridgehead atoms. The first-order chi connectivity index (χ1) is 9.49. The number of hydrogen-bond acceptors (Lipinski definition) is 3. The first kappa shape index (κ1) is 14.6. The number of Topliss-reactive ketones (excluding diaryl/α,β-unsaturated/α-hetero) is 1. The van der Waals surface area contributed by atoms with Crippen LogP contribution in [-0.2, 0) is 17.6 Å². The monoisotopic (exact) mass is 274 g/mol. The van der Waals surface area contributed by atoms with Gasteiger partial charge < -0.3 is 8.83 Å². The lowest BCUT2D eigenvalue weighted by Gasteiger charge is -2.15. The number of hydrogen-bond donors (Lipinski definition) is 0. The smallest absolute Gasteiger partial charge is 0.139 e. The topological polar surface area (TPSA) is 43.4 Å². The normalized spacial score (nSPS) is 14.2. The third-order valence-corrected chi connectivity index (χ3v) is 3.89. The molecule has 3 nitrogen and oxygen atoms in total. The summed E-state index contributed by atoms with van der Waals surface area (Å²) in [5, 5.41) is 0. The molecule has 0 aromatic carbocycles. The molecule has 0 saturated heterocycles. The minimum atomic E-state index is -0.0369. The molecule has 2 aromatic heterocycles. The molecule has 0 aliphatic carbocycles. The number of carbonyl (C=O) groups is 1. The fourth-order valence-corrected chi connectivity index (χ4v) is 2.47. The van der Waals surface area contributed by atoms with Gasteiger partial charge in [0.25, 0.3) is 0 Å². The Morgan fingerprint density at radius 2 is 1.35 bits per heavy atom. The van der Waals surface area contributed by atoms with Crippen molar-refractivity contribution in [2.24, 2.45) is 11.8 Å². The van der Waals surface area contributed by atoms with E-state index in [4.69, 9.17) is 8.83 Å². The van der Waals surface area contributed by atoms with E-state index >= 15 is 0 Å². The predicted molar refractivity (Wildman–Crippen MR) is 77.6 cm³/mol. The highest BCUT2D eigenvalue weighted by Crippen LogP contribution is 2.21. The van der Waals surface area contributed by atoms with Crippen molar-refractivity contribution < 1.29 is 13.6 Å². The van der Waals surface area contributed by atoms with Crippen LogP contribution in [0.5, 0.6) is 0 Å². The van der Waals surface area contributed by atoms with Gasteiger partial charge in [0.1, 0.15) is 17.3 Å². The number of rotatable bonds is 6. The quantitative estimate of drug-likeness (QED) is 0.796. The maximum Gasteiger partial charge on any atom is 0.139 e. The molecule has 0 spiro atoms. The molecule has 3 heteroatoms. The van der Waals surface area contributed by atoms with Gasteiger partial charge in [-0.3, -0.25) is 4.79 Å². The van der Waals surface area contributed by atoms with Gasteiger partial charge in [-0.05, 0) is 37.1 Å². The Morgan fingerprint density at radius 1 is 0.950 bits per heavy atom. The lowest BCUT2D eigenvalue weighted by atomic mass is 9.88. The molecular formula is C17H22O3. The fraction of sp³-hybridized carbons (Fsp3) is 0.471. The summed E-state index contributed by atoms with van der Waals surface area (Å²) in [5.41, 5.74) is 2.22. The zero-order valence-corrected chi connectivity index (χ0v) is 12.6. The first-order valence-electron chi connectivity index (χ1n) is 7.08. The van der Waals surface area contributed by atoms with Gasteiger partial charge in [-0.2, -0.15) is 0 Å². The van der Waals surface area contributed by atoms with Crippen molar-refractivity contribution >= 4 is 5.78 Å². The summed E-state index contributed by atoms with van der Waals surface area (Å²) in [4.78, 5) is 12.4. The molecule has 0 saturated carbocycles. The van der Waals surface area contributed by atoms with E-state index in [0.717, 1.165) is 22.6 Å². The van der Waals surface area contributed by atoms with Crippen molar-refractivity contribution in [2.75, 3.05) is 0 Å². The van der Waals surface area contributed by atoms with Gasteiger partial charge in [-0.1, -0.05) is 13.8 Å². The Labute approximate surface area is 120 Å². The van der Waals surface area contributed by atoms with E-state index in [-0.39, 0.29) is 17.6 Å². The second-order valence-corrected chi connectivity index (χ2v) is 5.67. The Balaban J connectivity index is 1.96. The van der Waals surface area contributed by atoms with Crippen molar-refractivity contribution in [1.29, 1.82) is 0 Å². The van der Waals surface area contributed by atoms with E-state index in [2.05, 4.69) is 0 Å². The summed E-state index contributed by atoms with van der Waals surface area (Å²) in [6.07, 6.45) is 4.69. The maximum absolute atomic E-state index is 12.4. The van der Waals surface area contributed by atoms with Crippen LogP contribution in [0.15, 0.2) is 33.5 Å². The van der Waals surface area contributed by atoms with Crippen LogP contribution >= 0.6 is 0 Å². The molecule has 0 fully saturated rings. The van der Waals surface area contributed by atoms with Crippen molar-refractivity contribution in [3.05, 3.63) is 47.3 Å². The van der Waals surface area contributed by atoms with Gasteiger partial charge in [-0.25, -0.2) is 0 Å². The Hall–Kier alpha value is -1.77. The van der Waals surface area contributed by atoms with Gasteiger partial charge in [0.05, 0.1) is 12.5 Å². The summed E-state index contributed by atoms with van der Waals surface area (Å²) < 4.78 is 10.8. The average molecular weight is 274 g/mol. The van der Waals surface area contributed by atoms with Gasteiger partial charge in [0, 0.05) is 24.7 Å². The van der Waals surface area contributed by atoms with Gasteiger partial charge in [0.2, 0.25) is 0 Å². The predicted octanol–water partition coefficient (Wildman–Crippen LogP) is 4.12. The lowest BCUT2D eigenvalue weighted by Crippen LogP contribution is -2.23. The molecule has 20 heavy (non-hydrogen) atoms. The number of aryl methyl sites for hydroxylation is 2. The minimum Gasteiger partial charge on any atom is -0.469 e. The molecule has 108 valence electrons. The largest absolute Gasteiger partial charge is 0.469 e. The summed E-state index contributed by atoms with van der Waals surface area (Å²) in [5.74, 6) is 2.01. The van der Waals surface area contributed by atoms with Crippen LogP contribution in [0, 0.1) is 25.7 Å². The standard InChI is InChI=1S/C17H22O3/c1-11-5-7-19-15(11)9-13(3)17(18)14(4)10-16-12(2)6-8-20-16/h5-8,13-14H,9-10H2,1-4H3. The molecule has 0 amide bonds. The highest BCUT2D eigenvalue weighted by molar-refractivity contribution is 5.83. The third kappa shape index (κ3) is 3.21. The van der Waals surface area contributed by atoms with Crippen molar-refractivity contribution in [3.63, 3.8) is 0 Å². The van der Waals surface area contributed by atoms with Gasteiger partial charge in [0.15, 0.2) is 0 Å². The molecule has 0 aliphatic rings. The maximum atomic E-state index is 12.4. The van der Waals surface area contributed by atoms with Crippen LogP contribution in [0.25, 0.3) is 0 Å². The van der Waals surface area contributed by atoms with Crippen molar-refractivity contribution in [3.8, 4) is 0 Å².